The molecule has 0 saturated carbocycles. The van der Waals surface area contributed by atoms with Crippen molar-refractivity contribution in [3.63, 3.8) is 0 Å². The number of hydrogen-bond acceptors (Lipinski definition) is 4. The molecule has 4 heteroatoms. The molecule has 4 nitrogen and oxygen atoms in total. The van der Waals surface area contributed by atoms with E-state index in [2.05, 4.69) is 49.3 Å². The molecule has 120 valence electrons. The van der Waals surface area contributed by atoms with Crippen molar-refractivity contribution in [2.45, 2.75) is 32.9 Å². The standard InChI is InChI=1S/C17H30N2O2/c1-5-9-18-13-16-7-6-8-17(12-16)21-11-10-19(3)15(2)14-20-4/h6-8,12,15,18H,5,9-11,13-14H2,1-4H3. The number of hydrogen-bond donors (Lipinski definition) is 1. The van der Waals surface area contributed by atoms with Gasteiger partial charge >= 0.3 is 0 Å². The summed E-state index contributed by atoms with van der Waals surface area (Å²) in [4.78, 5) is 2.25. The van der Waals surface area contributed by atoms with Crippen molar-refractivity contribution in [3.8, 4) is 5.75 Å². The van der Waals surface area contributed by atoms with E-state index in [9.17, 15) is 0 Å². The van der Waals surface area contributed by atoms with Crippen molar-refractivity contribution < 1.29 is 9.47 Å². The van der Waals surface area contributed by atoms with Crippen molar-refractivity contribution in [1.29, 1.82) is 0 Å². The lowest BCUT2D eigenvalue weighted by molar-refractivity contribution is 0.105. The van der Waals surface area contributed by atoms with Crippen LogP contribution in [-0.2, 0) is 11.3 Å². The van der Waals surface area contributed by atoms with E-state index in [1.807, 2.05) is 6.07 Å². The summed E-state index contributed by atoms with van der Waals surface area (Å²) in [6, 6.07) is 8.71. The van der Waals surface area contributed by atoms with E-state index in [4.69, 9.17) is 9.47 Å². The normalized spacial score (nSPS) is 12.6. The van der Waals surface area contributed by atoms with Gasteiger partial charge in [-0.2, -0.15) is 0 Å². The summed E-state index contributed by atoms with van der Waals surface area (Å²) in [5.74, 6) is 0.943. The average molecular weight is 294 g/mol. The van der Waals surface area contributed by atoms with Gasteiger partial charge in [-0.1, -0.05) is 19.1 Å². The molecule has 0 aliphatic carbocycles. The highest BCUT2D eigenvalue weighted by Gasteiger charge is 2.08. The van der Waals surface area contributed by atoms with Crippen molar-refractivity contribution >= 4 is 0 Å². The van der Waals surface area contributed by atoms with Crippen molar-refractivity contribution in [3.05, 3.63) is 29.8 Å². The van der Waals surface area contributed by atoms with Gasteiger partial charge in [0.15, 0.2) is 0 Å². The molecule has 1 aromatic rings. The Kier molecular flexibility index (Phi) is 9.06. The lowest BCUT2D eigenvalue weighted by Gasteiger charge is -2.23. The number of rotatable bonds is 11. The zero-order chi connectivity index (χ0) is 15.5. The lowest BCUT2D eigenvalue weighted by atomic mass is 10.2. The summed E-state index contributed by atoms with van der Waals surface area (Å²) < 4.78 is 11.0. The predicted octanol–water partition coefficient (Wildman–Crippen LogP) is 2.53. The zero-order valence-electron chi connectivity index (χ0n) is 13.9. The Morgan fingerprint density at radius 1 is 1.33 bits per heavy atom. The monoisotopic (exact) mass is 294 g/mol. The van der Waals surface area contributed by atoms with Gasteiger partial charge in [0.2, 0.25) is 0 Å². The first-order chi connectivity index (χ1) is 10.2. The molecule has 0 aliphatic heterocycles. The third kappa shape index (κ3) is 7.46. The van der Waals surface area contributed by atoms with Gasteiger partial charge in [0.05, 0.1) is 6.61 Å². The Morgan fingerprint density at radius 3 is 2.86 bits per heavy atom. The summed E-state index contributed by atoms with van der Waals surface area (Å²) >= 11 is 0. The van der Waals surface area contributed by atoms with Crippen LogP contribution in [0.4, 0.5) is 0 Å². The average Bonchev–Trinajstić information content (AvgIpc) is 2.48. The Balaban J connectivity index is 2.33. The fourth-order valence-electron chi connectivity index (χ4n) is 2.05. The summed E-state index contributed by atoms with van der Waals surface area (Å²) in [7, 11) is 3.83. The molecule has 0 heterocycles. The highest BCUT2D eigenvalue weighted by atomic mass is 16.5. The molecule has 1 N–H and O–H groups in total. The molecule has 0 aromatic heterocycles. The van der Waals surface area contributed by atoms with Crippen LogP contribution in [0.15, 0.2) is 24.3 Å². The first kappa shape index (κ1) is 18.0. The van der Waals surface area contributed by atoms with Gasteiger partial charge < -0.3 is 14.8 Å². The lowest BCUT2D eigenvalue weighted by Crippen LogP contribution is -2.35. The molecule has 21 heavy (non-hydrogen) atoms. The maximum atomic E-state index is 5.84. The van der Waals surface area contributed by atoms with Gasteiger partial charge in [-0.25, -0.2) is 0 Å². The SMILES string of the molecule is CCCNCc1cccc(OCCN(C)C(C)COC)c1. The molecule has 1 unspecified atom stereocenters. The third-order valence-corrected chi connectivity index (χ3v) is 3.53. The molecule has 0 saturated heterocycles. The topological polar surface area (TPSA) is 33.7 Å². The second-order valence-electron chi connectivity index (χ2n) is 5.46. The van der Waals surface area contributed by atoms with E-state index in [-0.39, 0.29) is 0 Å². The minimum atomic E-state index is 0.406. The number of ether oxygens (including phenoxy) is 2. The van der Waals surface area contributed by atoms with Gasteiger partial charge in [0, 0.05) is 26.2 Å². The highest BCUT2D eigenvalue weighted by molar-refractivity contribution is 5.28. The van der Waals surface area contributed by atoms with Gasteiger partial charge in [0.25, 0.3) is 0 Å². The molecule has 1 rings (SSSR count). The number of methoxy groups -OCH3 is 1. The molecule has 1 aromatic carbocycles. The van der Waals surface area contributed by atoms with Crippen LogP contribution in [0.25, 0.3) is 0 Å². The number of likely N-dealkylation sites (N-methyl/N-ethyl adjacent to an activating group) is 1. The van der Waals surface area contributed by atoms with Crippen molar-refractivity contribution in [1.82, 2.24) is 10.2 Å². The van der Waals surface area contributed by atoms with Gasteiger partial charge in [-0.3, -0.25) is 4.90 Å². The van der Waals surface area contributed by atoms with Crippen LogP contribution in [0.3, 0.4) is 0 Å². The smallest absolute Gasteiger partial charge is 0.119 e. The second kappa shape index (κ2) is 10.6. The Hall–Kier alpha value is -1.10. The minimum absolute atomic E-state index is 0.406. The maximum absolute atomic E-state index is 5.84. The van der Waals surface area contributed by atoms with E-state index in [0.29, 0.717) is 12.6 Å². The molecule has 0 amide bonds. The summed E-state index contributed by atoms with van der Waals surface area (Å²) in [6.45, 7) is 8.61. The van der Waals surface area contributed by atoms with Gasteiger partial charge in [-0.15, -0.1) is 0 Å². The van der Waals surface area contributed by atoms with Crippen LogP contribution >= 0.6 is 0 Å². The molecule has 1 atom stereocenters. The summed E-state index contributed by atoms with van der Waals surface area (Å²) in [5, 5.41) is 3.40. The van der Waals surface area contributed by atoms with E-state index >= 15 is 0 Å². The minimum Gasteiger partial charge on any atom is -0.492 e. The first-order valence-corrected chi connectivity index (χ1v) is 7.79. The van der Waals surface area contributed by atoms with Gasteiger partial charge in [-0.05, 0) is 44.6 Å². The molecule has 0 bridgehead atoms. The highest BCUT2D eigenvalue weighted by Crippen LogP contribution is 2.13. The van der Waals surface area contributed by atoms with Crippen LogP contribution in [0.5, 0.6) is 5.75 Å². The zero-order valence-corrected chi connectivity index (χ0v) is 13.9. The second-order valence-corrected chi connectivity index (χ2v) is 5.46. The quantitative estimate of drug-likeness (QED) is 0.636. The number of benzene rings is 1. The van der Waals surface area contributed by atoms with Crippen LogP contribution < -0.4 is 10.1 Å². The van der Waals surface area contributed by atoms with Gasteiger partial charge in [0.1, 0.15) is 12.4 Å². The first-order valence-electron chi connectivity index (χ1n) is 7.79. The van der Waals surface area contributed by atoms with Crippen LogP contribution in [0.1, 0.15) is 25.8 Å². The summed E-state index contributed by atoms with van der Waals surface area (Å²) in [5.41, 5.74) is 1.27. The largest absolute Gasteiger partial charge is 0.492 e. The molecule has 0 spiro atoms. The maximum Gasteiger partial charge on any atom is 0.119 e. The van der Waals surface area contributed by atoms with Crippen molar-refractivity contribution in [2.24, 2.45) is 0 Å². The number of nitrogens with one attached hydrogen (secondary N) is 1. The van der Waals surface area contributed by atoms with Crippen molar-refractivity contribution in [2.75, 3.05) is 40.5 Å². The Labute approximate surface area is 129 Å². The van der Waals surface area contributed by atoms with Crippen LogP contribution in [0.2, 0.25) is 0 Å². The predicted molar refractivity (Wildman–Crippen MR) is 87.9 cm³/mol. The molecule has 0 radical (unpaired) electrons. The molecule has 0 aliphatic rings. The fourth-order valence-corrected chi connectivity index (χ4v) is 2.05. The Morgan fingerprint density at radius 2 is 2.14 bits per heavy atom. The van der Waals surface area contributed by atoms with Crippen LogP contribution in [-0.4, -0.2) is 51.4 Å². The Bertz CT molecular complexity index is 385. The third-order valence-electron chi connectivity index (χ3n) is 3.53. The van der Waals surface area contributed by atoms with E-state index in [0.717, 1.165) is 38.4 Å². The molecular weight excluding hydrogens is 264 g/mol. The van der Waals surface area contributed by atoms with E-state index in [1.54, 1.807) is 7.11 Å². The number of nitrogens with zero attached hydrogens (tertiary/aromatic N) is 1. The van der Waals surface area contributed by atoms with E-state index < -0.39 is 0 Å². The van der Waals surface area contributed by atoms with Crippen LogP contribution in [0, 0.1) is 0 Å². The fraction of sp³-hybridized carbons (Fsp3) is 0.647. The van der Waals surface area contributed by atoms with E-state index in [1.165, 1.54) is 5.56 Å². The molecule has 0 fully saturated rings. The molecular formula is C17H30N2O2. The summed E-state index contributed by atoms with van der Waals surface area (Å²) in [6.07, 6.45) is 1.15.